The molecule has 1 heterocycles. The van der Waals surface area contributed by atoms with Crippen LogP contribution in [0.1, 0.15) is 0 Å². The first-order valence-electron chi connectivity index (χ1n) is 5.36. The van der Waals surface area contributed by atoms with Crippen molar-refractivity contribution in [3.63, 3.8) is 0 Å². The summed E-state index contributed by atoms with van der Waals surface area (Å²) in [6.07, 6.45) is 0. The number of aromatic hydroxyl groups is 1. The lowest BCUT2D eigenvalue weighted by atomic mass is 10.2. The molecule has 0 unspecified atom stereocenters. The first-order valence-corrected chi connectivity index (χ1v) is 6.18. The van der Waals surface area contributed by atoms with Gasteiger partial charge in [0.1, 0.15) is 0 Å². The van der Waals surface area contributed by atoms with E-state index in [1.807, 2.05) is 37.4 Å². The van der Waals surface area contributed by atoms with Crippen molar-refractivity contribution in [2.75, 3.05) is 13.6 Å². The highest BCUT2D eigenvalue weighted by Crippen LogP contribution is 2.31. The van der Waals surface area contributed by atoms with Crippen LogP contribution in [0, 0.1) is 0 Å². The highest BCUT2D eigenvalue weighted by Gasteiger charge is 2.14. The SMILES string of the molecule is CNCCn1c(O)c(-c2ccccc2)sc1=O. The van der Waals surface area contributed by atoms with Crippen molar-refractivity contribution >= 4 is 11.3 Å². The van der Waals surface area contributed by atoms with Crippen LogP contribution >= 0.6 is 11.3 Å². The van der Waals surface area contributed by atoms with Crippen LogP contribution < -0.4 is 10.2 Å². The number of likely N-dealkylation sites (N-methyl/N-ethyl adjacent to an activating group) is 1. The van der Waals surface area contributed by atoms with E-state index in [1.165, 1.54) is 4.57 Å². The van der Waals surface area contributed by atoms with Gasteiger partial charge in [-0.25, -0.2) is 0 Å². The van der Waals surface area contributed by atoms with Gasteiger partial charge in [-0.2, -0.15) is 0 Å². The summed E-state index contributed by atoms with van der Waals surface area (Å²) in [6.45, 7) is 1.13. The lowest BCUT2D eigenvalue weighted by Crippen LogP contribution is -2.20. The first kappa shape index (κ1) is 11.9. The zero-order chi connectivity index (χ0) is 12.3. The maximum Gasteiger partial charge on any atom is 0.310 e. The monoisotopic (exact) mass is 250 g/mol. The van der Waals surface area contributed by atoms with Crippen molar-refractivity contribution < 1.29 is 5.11 Å². The summed E-state index contributed by atoms with van der Waals surface area (Å²) in [6, 6.07) is 9.44. The normalized spacial score (nSPS) is 10.6. The average Bonchev–Trinajstić information content (AvgIpc) is 2.64. The second-order valence-electron chi connectivity index (χ2n) is 3.64. The molecule has 0 aliphatic rings. The lowest BCUT2D eigenvalue weighted by Gasteiger charge is -2.03. The van der Waals surface area contributed by atoms with Gasteiger partial charge in [-0.15, -0.1) is 0 Å². The number of hydrogen-bond donors (Lipinski definition) is 2. The Hall–Kier alpha value is -1.59. The van der Waals surface area contributed by atoms with Crippen molar-refractivity contribution in [3.8, 4) is 16.3 Å². The van der Waals surface area contributed by atoms with Gasteiger partial charge in [0.05, 0.1) is 4.88 Å². The summed E-state index contributed by atoms with van der Waals surface area (Å²) >= 11 is 1.07. The number of rotatable bonds is 4. The van der Waals surface area contributed by atoms with Crippen molar-refractivity contribution in [3.05, 3.63) is 40.0 Å². The third kappa shape index (κ3) is 2.40. The van der Waals surface area contributed by atoms with Crippen LogP contribution in [-0.4, -0.2) is 23.3 Å². The fourth-order valence-electron chi connectivity index (χ4n) is 1.60. The molecule has 90 valence electrons. The number of benzene rings is 1. The molecule has 0 bridgehead atoms. The van der Waals surface area contributed by atoms with E-state index in [0.717, 1.165) is 16.9 Å². The third-order valence-electron chi connectivity index (χ3n) is 2.49. The molecule has 1 aromatic carbocycles. The van der Waals surface area contributed by atoms with Crippen LogP contribution in [0.25, 0.3) is 10.4 Å². The number of nitrogens with zero attached hydrogens (tertiary/aromatic N) is 1. The first-order chi connectivity index (χ1) is 8.24. The fourth-order valence-corrected chi connectivity index (χ4v) is 2.51. The Morgan fingerprint density at radius 2 is 2.06 bits per heavy atom. The van der Waals surface area contributed by atoms with Crippen LogP contribution in [0.4, 0.5) is 0 Å². The van der Waals surface area contributed by atoms with Gasteiger partial charge in [0.25, 0.3) is 0 Å². The van der Waals surface area contributed by atoms with Crippen LogP contribution in [0.2, 0.25) is 0 Å². The molecule has 0 spiro atoms. The van der Waals surface area contributed by atoms with Crippen molar-refractivity contribution in [1.82, 2.24) is 9.88 Å². The van der Waals surface area contributed by atoms with Crippen LogP contribution in [0.15, 0.2) is 35.1 Å². The molecule has 2 aromatic rings. The van der Waals surface area contributed by atoms with Crippen molar-refractivity contribution in [1.29, 1.82) is 0 Å². The molecule has 2 N–H and O–H groups in total. The Morgan fingerprint density at radius 1 is 1.35 bits per heavy atom. The lowest BCUT2D eigenvalue weighted by molar-refractivity contribution is 0.413. The van der Waals surface area contributed by atoms with Crippen molar-refractivity contribution in [2.45, 2.75) is 6.54 Å². The molecule has 0 amide bonds. The summed E-state index contributed by atoms with van der Waals surface area (Å²) in [7, 11) is 1.81. The largest absolute Gasteiger partial charge is 0.493 e. The van der Waals surface area contributed by atoms with Crippen LogP contribution in [0.5, 0.6) is 5.88 Å². The summed E-state index contributed by atoms with van der Waals surface area (Å²) in [5, 5.41) is 13.0. The summed E-state index contributed by atoms with van der Waals surface area (Å²) in [5.74, 6) is 0.0569. The predicted octanol–water partition coefficient (Wildman–Crippen LogP) is 1.50. The van der Waals surface area contributed by atoms with E-state index in [4.69, 9.17) is 0 Å². The maximum absolute atomic E-state index is 11.7. The number of hydrogen-bond acceptors (Lipinski definition) is 4. The molecule has 1 aromatic heterocycles. The molecular weight excluding hydrogens is 236 g/mol. The standard InChI is InChI=1S/C12H14N2O2S/c1-13-7-8-14-11(15)10(17-12(14)16)9-5-3-2-4-6-9/h2-6,13,15H,7-8H2,1H3. The fraction of sp³-hybridized carbons (Fsp3) is 0.250. The Balaban J connectivity index is 2.41. The van der Waals surface area contributed by atoms with Gasteiger partial charge < -0.3 is 10.4 Å². The Morgan fingerprint density at radius 3 is 2.71 bits per heavy atom. The Bertz CT molecular complexity index is 545. The van der Waals surface area contributed by atoms with E-state index in [9.17, 15) is 9.90 Å². The Labute approximate surface area is 103 Å². The molecule has 0 aliphatic carbocycles. The molecule has 2 rings (SSSR count). The summed E-state index contributed by atoms with van der Waals surface area (Å²) in [5.41, 5.74) is 0.871. The van der Waals surface area contributed by atoms with Crippen molar-refractivity contribution in [2.24, 2.45) is 0 Å². The van der Waals surface area contributed by atoms with Gasteiger partial charge in [-0.1, -0.05) is 41.7 Å². The molecule has 0 saturated heterocycles. The van der Waals surface area contributed by atoms with E-state index < -0.39 is 0 Å². The second kappa shape index (κ2) is 5.16. The van der Waals surface area contributed by atoms with E-state index in [-0.39, 0.29) is 10.8 Å². The van der Waals surface area contributed by atoms with Gasteiger partial charge in [0.15, 0.2) is 0 Å². The van der Waals surface area contributed by atoms with E-state index in [2.05, 4.69) is 5.32 Å². The van der Waals surface area contributed by atoms with E-state index in [1.54, 1.807) is 0 Å². The van der Waals surface area contributed by atoms with E-state index in [0.29, 0.717) is 18.0 Å². The predicted molar refractivity (Wildman–Crippen MR) is 69.6 cm³/mol. The molecule has 0 radical (unpaired) electrons. The maximum atomic E-state index is 11.7. The molecular formula is C12H14N2O2S. The molecule has 5 heteroatoms. The summed E-state index contributed by atoms with van der Waals surface area (Å²) in [4.78, 5) is 12.2. The highest BCUT2D eigenvalue weighted by atomic mass is 32.1. The van der Waals surface area contributed by atoms with Gasteiger partial charge in [-0.3, -0.25) is 9.36 Å². The number of thiazole rings is 1. The summed E-state index contributed by atoms with van der Waals surface area (Å²) < 4.78 is 1.39. The zero-order valence-electron chi connectivity index (χ0n) is 9.51. The van der Waals surface area contributed by atoms with Gasteiger partial charge >= 0.3 is 4.87 Å². The highest BCUT2D eigenvalue weighted by molar-refractivity contribution is 7.13. The minimum absolute atomic E-state index is 0.0569. The number of nitrogens with one attached hydrogen (secondary N) is 1. The second-order valence-corrected chi connectivity index (χ2v) is 4.60. The number of aromatic nitrogens is 1. The average molecular weight is 250 g/mol. The van der Waals surface area contributed by atoms with Gasteiger partial charge in [-0.05, 0) is 12.6 Å². The quantitative estimate of drug-likeness (QED) is 0.864. The topological polar surface area (TPSA) is 54.3 Å². The minimum Gasteiger partial charge on any atom is -0.493 e. The van der Waals surface area contributed by atoms with Gasteiger partial charge in [0.2, 0.25) is 5.88 Å². The van der Waals surface area contributed by atoms with Crippen LogP contribution in [0.3, 0.4) is 0 Å². The molecule has 0 fully saturated rings. The molecule has 0 aliphatic heterocycles. The van der Waals surface area contributed by atoms with E-state index >= 15 is 0 Å². The molecule has 4 nitrogen and oxygen atoms in total. The smallest absolute Gasteiger partial charge is 0.310 e. The third-order valence-corrected chi connectivity index (χ3v) is 3.51. The molecule has 0 saturated carbocycles. The molecule has 0 atom stereocenters. The van der Waals surface area contributed by atoms with Crippen LogP contribution in [-0.2, 0) is 6.54 Å². The van der Waals surface area contributed by atoms with Gasteiger partial charge in [0, 0.05) is 13.1 Å². The zero-order valence-corrected chi connectivity index (χ0v) is 10.3. The Kier molecular flexibility index (Phi) is 3.61. The molecule has 17 heavy (non-hydrogen) atoms. The minimum atomic E-state index is -0.128.